The number of rotatable bonds is 8. The van der Waals surface area contributed by atoms with Gasteiger partial charge in [0.05, 0.1) is 12.1 Å². The number of carboxylic acid groups (broad SMARTS) is 2. The highest BCUT2D eigenvalue weighted by Crippen LogP contribution is 2.42. The molecule has 2 bridgehead atoms. The third-order valence-electron chi connectivity index (χ3n) is 7.24. The minimum Gasteiger partial charge on any atom is -0.465 e. The number of fused-ring (bicyclic) bond motifs is 2. The fraction of sp³-hybridized carbons (Fsp3) is 0.818. The lowest BCUT2D eigenvalue weighted by atomic mass is 9.82. The van der Waals surface area contributed by atoms with Gasteiger partial charge in [0.25, 0.3) is 5.91 Å². The summed E-state index contributed by atoms with van der Waals surface area (Å²) in [7, 11) is -4.93. The Morgan fingerprint density at radius 1 is 1.02 bits per heavy atom. The molecule has 0 aromatic heterocycles. The number of hydrogen-bond acceptors (Lipinski definition) is 9. The fourth-order valence-electron chi connectivity index (χ4n) is 5.77. The SMILES string of the molecule is CC(C)(C)N(C(=O)O)C(NC(=O)O)(N1CC[C@H](ONC(=O)[C@@H]2CC[C@@H]3CN2C(=O)N3OS(=O)(=O)O)C1)C(C)(C)C. The van der Waals surface area contributed by atoms with Crippen molar-refractivity contribution in [2.24, 2.45) is 5.41 Å². The molecule has 3 heterocycles. The van der Waals surface area contributed by atoms with Crippen LogP contribution in [0.25, 0.3) is 0 Å². The third kappa shape index (κ3) is 6.19. The average molecular weight is 595 g/mol. The molecule has 0 radical (unpaired) electrons. The molecule has 5 amide bonds. The second kappa shape index (κ2) is 10.8. The number of piperidine rings is 1. The molecule has 3 saturated heterocycles. The molecule has 4 atom stereocenters. The molecule has 3 aliphatic rings. The maximum absolute atomic E-state index is 12.9. The van der Waals surface area contributed by atoms with Gasteiger partial charge >= 0.3 is 28.6 Å². The minimum absolute atomic E-state index is 0.0104. The molecule has 0 aromatic rings. The van der Waals surface area contributed by atoms with Crippen molar-refractivity contribution in [3.63, 3.8) is 0 Å². The van der Waals surface area contributed by atoms with Crippen LogP contribution in [-0.2, 0) is 24.3 Å². The summed E-state index contributed by atoms with van der Waals surface area (Å²) in [6.45, 7) is 10.4. The molecule has 5 N–H and O–H groups in total. The molecule has 3 aliphatic heterocycles. The van der Waals surface area contributed by atoms with E-state index in [4.69, 9.17) is 9.39 Å². The topological polar surface area (TPSA) is 219 Å². The summed E-state index contributed by atoms with van der Waals surface area (Å²) in [5.74, 6) is -2.37. The number of nitrogens with one attached hydrogen (secondary N) is 2. The van der Waals surface area contributed by atoms with E-state index in [0.29, 0.717) is 11.5 Å². The lowest BCUT2D eigenvalue weighted by Gasteiger charge is -2.58. The predicted molar refractivity (Wildman–Crippen MR) is 136 cm³/mol. The Balaban J connectivity index is 1.74. The van der Waals surface area contributed by atoms with Crippen molar-refractivity contribution in [1.82, 2.24) is 30.6 Å². The van der Waals surface area contributed by atoms with Crippen molar-refractivity contribution in [2.75, 3.05) is 19.6 Å². The average Bonchev–Trinajstić information content (AvgIpc) is 3.33. The van der Waals surface area contributed by atoms with Crippen molar-refractivity contribution < 1.29 is 51.5 Å². The molecule has 3 rings (SSSR count). The van der Waals surface area contributed by atoms with Gasteiger partial charge in [-0.15, -0.1) is 4.28 Å². The molecule has 0 aromatic carbocycles. The van der Waals surface area contributed by atoms with Crippen LogP contribution in [0, 0.1) is 5.41 Å². The van der Waals surface area contributed by atoms with E-state index >= 15 is 0 Å². The summed E-state index contributed by atoms with van der Waals surface area (Å²) < 4.78 is 35.5. The number of urea groups is 1. The van der Waals surface area contributed by atoms with Gasteiger partial charge in [-0.3, -0.25) is 29.3 Å². The zero-order valence-electron chi connectivity index (χ0n) is 23.3. The first-order valence-corrected chi connectivity index (χ1v) is 14.1. The lowest BCUT2D eigenvalue weighted by molar-refractivity contribution is -0.161. The first kappa shape index (κ1) is 31.6. The number of likely N-dealkylation sites (tertiary alicyclic amines) is 1. The van der Waals surface area contributed by atoms with Gasteiger partial charge in [-0.1, -0.05) is 20.8 Å². The Labute approximate surface area is 232 Å². The van der Waals surface area contributed by atoms with Crippen LogP contribution >= 0.6 is 0 Å². The van der Waals surface area contributed by atoms with Crippen LogP contribution in [0.3, 0.4) is 0 Å². The zero-order valence-corrected chi connectivity index (χ0v) is 24.1. The van der Waals surface area contributed by atoms with Gasteiger partial charge in [-0.25, -0.2) is 19.9 Å². The molecule has 40 heavy (non-hydrogen) atoms. The van der Waals surface area contributed by atoms with Gasteiger partial charge in [0.2, 0.25) is 0 Å². The number of amides is 5. The number of hydroxylamine groups is 3. The summed E-state index contributed by atoms with van der Waals surface area (Å²) in [6, 6.07) is -2.53. The smallest absolute Gasteiger partial charge is 0.418 e. The van der Waals surface area contributed by atoms with E-state index in [1.165, 1.54) is 0 Å². The van der Waals surface area contributed by atoms with Gasteiger partial charge in [0.1, 0.15) is 6.04 Å². The maximum atomic E-state index is 12.9. The van der Waals surface area contributed by atoms with E-state index in [9.17, 15) is 37.8 Å². The van der Waals surface area contributed by atoms with E-state index in [1.54, 1.807) is 46.4 Å². The largest absolute Gasteiger partial charge is 0.465 e. The summed E-state index contributed by atoms with van der Waals surface area (Å²) >= 11 is 0. The Kier molecular flexibility index (Phi) is 8.54. The molecule has 18 heteroatoms. The van der Waals surface area contributed by atoms with E-state index in [1.807, 2.05) is 0 Å². The molecule has 3 fully saturated rings. The number of nitrogens with zero attached hydrogens (tertiary/aromatic N) is 4. The van der Waals surface area contributed by atoms with Crippen LogP contribution in [0.1, 0.15) is 60.8 Å². The molecule has 228 valence electrons. The summed E-state index contributed by atoms with van der Waals surface area (Å²) in [6.07, 6.45) is -2.65. The minimum atomic E-state index is -4.93. The fourth-order valence-corrected chi connectivity index (χ4v) is 6.15. The van der Waals surface area contributed by atoms with Crippen molar-refractivity contribution in [3.05, 3.63) is 0 Å². The van der Waals surface area contributed by atoms with Crippen LogP contribution in [-0.4, -0.2) is 116 Å². The van der Waals surface area contributed by atoms with Crippen LogP contribution in [0.4, 0.5) is 14.4 Å². The van der Waals surface area contributed by atoms with Gasteiger partial charge in [0, 0.05) is 30.6 Å². The van der Waals surface area contributed by atoms with Gasteiger partial charge in [-0.2, -0.15) is 13.5 Å². The monoisotopic (exact) mass is 594 g/mol. The predicted octanol–water partition coefficient (Wildman–Crippen LogP) is 0.858. The Bertz CT molecular complexity index is 1140. The van der Waals surface area contributed by atoms with Crippen LogP contribution < -0.4 is 10.8 Å². The molecule has 0 saturated carbocycles. The highest BCUT2D eigenvalue weighted by atomic mass is 32.3. The highest BCUT2D eigenvalue weighted by Gasteiger charge is 2.59. The van der Waals surface area contributed by atoms with Gasteiger partial charge in [0.15, 0.2) is 5.79 Å². The maximum Gasteiger partial charge on any atom is 0.418 e. The first-order valence-electron chi connectivity index (χ1n) is 12.7. The number of hydrogen-bond donors (Lipinski definition) is 5. The lowest BCUT2D eigenvalue weighted by Crippen LogP contribution is -2.79. The second-order valence-electron chi connectivity index (χ2n) is 12.1. The van der Waals surface area contributed by atoms with E-state index in [0.717, 1.165) is 9.80 Å². The molecule has 0 aliphatic carbocycles. The summed E-state index contributed by atoms with van der Waals surface area (Å²) in [4.78, 5) is 59.6. The standard InChI is InChI=1S/C22H38N6O11S/c1-20(2,3)22(23-17(30)31,28(19(33)34)21(4,5)6)25-10-9-14(12-25)38-24-16(29)15-8-7-13-11-26(15)18(32)27(13)39-40(35,36)37/h13-15,23H,7-12H2,1-6H3,(H,24,29)(H,30,31)(H,33,34)(H,35,36,37)/t13-,14+,15+,22?/m1/s1. The summed E-state index contributed by atoms with van der Waals surface area (Å²) in [5.41, 5.74) is 0.372. The third-order valence-corrected chi connectivity index (χ3v) is 7.59. The van der Waals surface area contributed by atoms with Crippen molar-refractivity contribution >= 4 is 34.5 Å². The van der Waals surface area contributed by atoms with E-state index < -0.39 is 69.5 Å². The normalized spacial score (nSPS) is 25.5. The van der Waals surface area contributed by atoms with Crippen molar-refractivity contribution in [3.8, 4) is 0 Å². The Hall–Kier alpha value is -2.93. The molecular formula is C22H38N6O11S. The second-order valence-corrected chi connectivity index (χ2v) is 13.1. The number of carbonyl (C=O) groups is 4. The highest BCUT2D eigenvalue weighted by molar-refractivity contribution is 7.80. The van der Waals surface area contributed by atoms with Crippen molar-refractivity contribution in [1.29, 1.82) is 0 Å². The van der Waals surface area contributed by atoms with Crippen molar-refractivity contribution in [2.45, 2.75) is 90.3 Å². The van der Waals surface area contributed by atoms with E-state index in [2.05, 4.69) is 15.1 Å². The molecule has 1 unspecified atom stereocenters. The van der Waals surface area contributed by atoms with Crippen LogP contribution in [0.5, 0.6) is 0 Å². The molecule has 0 spiro atoms. The molecule has 17 nitrogen and oxygen atoms in total. The quantitative estimate of drug-likeness (QED) is 0.150. The summed E-state index contributed by atoms with van der Waals surface area (Å²) in [5, 5.41) is 23.0. The Morgan fingerprint density at radius 3 is 2.15 bits per heavy atom. The Morgan fingerprint density at radius 2 is 1.65 bits per heavy atom. The molecular weight excluding hydrogens is 556 g/mol. The zero-order chi connectivity index (χ0) is 30.4. The first-order chi connectivity index (χ1) is 18.2. The van der Waals surface area contributed by atoms with Gasteiger partial charge in [-0.05, 0) is 40.0 Å². The van der Waals surface area contributed by atoms with Crippen LogP contribution in [0.15, 0.2) is 0 Å². The van der Waals surface area contributed by atoms with Crippen LogP contribution in [0.2, 0.25) is 0 Å². The number of carbonyl (C=O) groups excluding carboxylic acids is 2. The van der Waals surface area contributed by atoms with Gasteiger partial charge < -0.3 is 15.1 Å². The van der Waals surface area contributed by atoms with E-state index in [-0.39, 0.29) is 32.5 Å².